The number of hydrogen-bond acceptors (Lipinski definition) is 1. The van der Waals surface area contributed by atoms with Crippen LogP contribution in [0.2, 0.25) is 0 Å². The highest BCUT2D eigenvalue weighted by Crippen LogP contribution is 2.58. The Hall–Kier alpha value is -0.500. The van der Waals surface area contributed by atoms with Crippen molar-refractivity contribution in [2.24, 2.45) is 5.73 Å². The molecule has 0 aromatic rings. The topological polar surface area (TPSA) is 43.1 Å². The van der Waals surface area contributed by atoms with E-state index in [0.29, 0.717) is 0 Å². The summed E-state index contributed by atoms with van der Waals surface area (Å²) in [5, 5.41) is 0. The maximum atomic E-state index is 12.7. The van der Waals surface area contributed by atoms with Gasteiger partial charge in [0.1, 0.15) is 0 Å². The molecule has 114 valence electrons. The van der Waals surface area contributed by atoms with Crippen LogP contribution in [-0.2, 0) is 4.79 Å². The number of primary amides is 1. The number of rotatable bonds is 5. The predicted molar refractivity (Wildman–Crippen MR) is 47.9 cm³/mol. The van der Waals surface area contributed by atoms with Crippen LogP contribution in [0.3, 0.4) is 0 Å². The van der Waals surface area contributed by atoms with E-state index >= 15 is 0 Å². The third kappa shape index (κ3) is 2.44. The molecular weight excluding hydrogens is 419 g/mol. The fraction of sp³-hybridized carbons (Fsp3) is 0.833. The lowest BCUT2D eigenvalue weighted by molar-refractivity contribution is -0.377. The third-order valence-corrected chi connectivity index (χ3v) is 2.53. The van der Waals surface area contributed by atoms with Gasteiger partial charge in [-0.3, -0.25) is 4.79 Å². The van der Waals surface area contributed by atoms with Gasteiger partial charge in [0.2, 0.25) is 0 Å². The summed E-state index contributed by atoms with van der Waals surface area (Å²) in [6.07, 6.45) is 0. The molecule has 13 heteroatoms. The van der Waals surface area contributed by atoms with E-state index < -0.39 is 56.1 Å². The second-order valence-corrected chi connectivity index (χ2v) is 4.51. The zero-order valence-electron chi connectivity index (χ0n) is 8.14. The minimum Gasteiger partial charge on any atom is -0.364 e. The van der Waals surface area contributed by atoms with E-state index in [0.717, 1.165) is 0 Å². The van der Waals surface area contributed by atoms with Crippen molar-refractivity contribution in [2.45, 2.75) is 27.6 Å². The summed E-state index contributed by atoms with van der Waals surface area (Å²) in [7, 11) is 0. The summed E-state index contributed by atoms with van der Waals surface area (Å²) in [6.45, 7) is 0. The van der Waals surface area contributed by atoms with Crippen molar-refractivity contribution in [3.63, 3.8) is 0 Å². The van der Waals surface area contributed by atoms with E-state index in [-0.39, 0.29) is 0 Å². The van der Waals surface area contributed by atoms with Crippen molar-refractivity contribution in [1.82, 2.24) is 0 Å². The lowest BCUT2D eigenvalue weighted by Gasteiger charge is -2.36. The molecule has 0 saturated carbocycles. The maximum absolute atomic E-state index is 12.7. The molecule has 2 nitrogen and oxygen atoms in total. The average molecular weight is 421 g/mol. The number of amides is 1. The first-order valence-corrected chi connectivity index (χ1v) is 4.90. The maximum Gasteiger partial charge on any atom is 0.392 e. The molecule has 0 aromatic heterocycles. The summed E-state index contributed by atoms with van der Waals surface area (Å²) in [6, 6.07) is 0. The van der Waals surface area contributed by atoms with Crippen molar-refractivity contribution < 1.29 is 48.7 Å². The third-order valence-electron chi connectivity index (χ3n) is 1.85. The molecule has 0 bridgehead atoms. The molecule has 0 fully saturated rings. The summed E-state index contributed by atoms with van der Waals surface area (Å²) in [5.74, 6) is -31.0. The van der Waals surface area contributed by atoms with Crippen molar-refractivity contribution in [2.75, 3.05) is 0 Å². The standard InChI is InChI=1S/C6H2F10INO/c7-2(8,1(18)19)3(9,10)4(11,12)5(13,14)6(15,16)17/h(H2,18,19). The molecule has 2 N–H and O–H groups in total. The van der Waals surface area contributed by atoms with Gasteiger partial charge in [-0.2, -0.15) is 43.9 Å². The lowest BCUT2D eigenvalue weighted by Crippen LogP contribution is -2.68. The minimum atomic E-state index is -7.23. The van der Waals surface area contributed by atoms with E-state index in [4.69, 9.17) is 0 Å². The molecule has 0 saturated heterocycles. The molecule has 0 atom stereocenters. The molecule has 0 heterocycles. The van der Waals surface area contributed by atoms with Gasteiger partial charge in [0.05, 0.1) is 0 Å². The van der Waals surface area contributed by atoms with Crippen LogP contribution in [0, 0.1) is 0 Å². The normalized spacial score (nSPS) is 15.5. The smallest absolute Gasteiger partial charge is 0.364 e. The van der Waals surface area contributed by atoms with Gasteiger partial charge in [-0.1, -0.05) is 0 Å². The fourth-order valence-electron chi connectivity index (χ4n) is 0.727. The molecule has 0 rings (SSSR count). The Morgan fingerprint density at radius 2 is 1.05 bits per heavy atom. The van der Waals surface area contributed by atoms with Gasteiger partial charge in [0.15, 0.2) is 0 Å². The number of halogens is 11. The number of nitrogens with two attached hydrogens (primary N) is 1. The first kappa shape index (κ1) is 18.5. The van der Waals surface area contributed by atoms with Crippen LogP contribution in [-0.4, -0.2) is 33.5 Å². The molecule has 0 aromatic carbocycles. The van der Waals surface area contributed by atoms with Gasteiger partial charge >= 0.3 is 27.6 Å². The number of hydrogen-bond donors (Lipinski definition) is 1. The predicted octanol–water partition coefficient (Wildman–Crippen LogP) is 3.04. The summed E-state index contributed by atoms with van der Waals surface area (Å²) >= 11 is -0.628. The quantitative estimate of drug-likeness (QED) is 0.414. The Labute approximate surface area is 111 Å². The van der Waals surface area contributed by atoms with Crippen LogP contribution < -0.4 is 5.73 Å². The molecule has 1 amide bonds. The Bertz CT molecular complexity index is 375. The number of carbonyl (C=O) groups excluding carboxylic acids is 1. The molecular formula is C6H2F10INO. The van der Waals surface area contributed by atoms with Crippen molar-refractivity contribution in [3.8, 4) is 0 Å². The first-order valence-electron chi connectivity index (χ1n) is 3.82. The summed E-state index contributed by atoms with van der Waals surface area (Å²) < 4.78 is 119. The highest BCUT2D eigenvalue weighted by Gasteiger charge is 2.87. The number of carbonyl (C=O) groups is 1. The van der Waals surface area contributed by atoms with Crippen LogP contribution in [0.4, 0.5) is 43.9 Å². The van der Waals surface area contributed by atoms with E-state index in [9.17, 15) is 48.7 Å². The Balaban J connectivity index is 5.99. The second kappa shape index (κ2) is 4.51. The van der Waals surface area contributed by atoms with Crippen molar-refractivity contribution in [3.05, 3.63) is 0 Å². The zero-order valence-corrected chi connectivity index (χ0v) is 10.3. The van der Waals surface area contributed by atoms with Gasteiger partial charge in [-0.05, 0) is 0 Å². The summed E-state index contributed by atoms with van der Waals surface area (Å²) in [5.41, 5.74) is 3.67. The van der Waals surface area contributed by atoms with E-state index in [1.165, 1.54) is 0 Å². The molecule has 19 heavy (non-hydrogen) atoms. The second-order valence-electron chi connectivity index (χ2n) is 3.16. The van der Waals surface area contributed by atoms with Gasteiger partial charge in [-0.15, -0.1) is 0 Å². The van der Waals surface area contributed by atoms with Crippen molar-refractivity contribution in [1.29, 1.82) is 0 Å². The van der Waals surface area contributed by atoms with Gasteiger partial charge in [0.25, 0.3) is 5.91 Å². The van der Waals surface area contributed by atoms with Gasteiger partial charge < -0.3 is 5.73 Å². The highest BCUT2D eigenvalue weighted by molar-refractivity contribution is 14.1. The van der Waals surface area contributed by atoms with Gasteiger partial charge in [-0.25, -0.2) is 0 Å². The highest BCUT2D eigenvalue weighted by atomic mass is 127. The monoisotopic (exact) mass is 421 g/mol. The minimum absolute atomic E-state index is 0.628. The molecule has 0 unspecified atom stereocenters. The van der Waals surface area contributed by atoms with Crippen LogP contribution in [0.25, 0.3) is 0 Å². The SMILES string of the molecule is NC(=O)C(F)(F)C(F)(F)C(F)(F)C(F)(F)C(F)(F)I. The molecule has 0 aliphatic heterocycles. The average Bonchev–Trinajstić information content (AvgIpc) is 2.14. The Morgan fingerprint density at radius 3 is 1.26 bits per heavy atom. The molecule has 0 spiro atoms. The van der Waals surface area contributed by atoms with Crippen LogP contribution in [0.1, 0.15) is 0 Å². The summed E-state index contributed by atoms with van der Waals surface area (Å²) in [4.78, 5) is 9.92. The Morgan fingerprint density at radius 1 is 0.737 bits per heavy atom. The first-order chi connectivity index (χ1) is 7.94. The van der Waals surface area contributed by atoms with Crippen LogP contribution >= 0.6 is 22.6 Å². The number of alkyl halides is 11. The van der Waals surface area contributed by atoms with Crippen molar-refractivity contribution >= 4 is 28.5 Å². The van der Waals surface area contributed by atoms with Gasteiger partial charge in [0, 0.05) is 22.6 Å². The largest absolute Gasteiger partial charge is 0.392 e. The lowest BCUT2D eigenvalue weighted by atomic mass is 9.98. The van der Waals surface area contributed by atoms with E-state index in [1.807, 2.05) is 0 Å². The molecule has 0 radical (unpaired) electrons. The van der Waals surface area contributed by atoms with E-state index in [1.54, 1.807) is 0 Å². The molecule has 0 aliphatic rings. The van der Waals surface area contributed by atoms with Crippen LogP contribution in [0.5, 0.6) is 0 Å². The fourth-order valence-corrected chi connectivity index (χ4v) is 1.07. The Kier molecular flexibility index (Phi) is 4.39. The molecule has 0 aliphatic carbocycles. The zero-order chi connectivity index (χ0) is 16.1. The van der Waals surface area contributed by atoms with Crippen LogP contribution in [0.15, 0.2) is 0 Å². The van der Waals surface area contributed by atoms with E-state index in [2.05, 4.69) is 5.73 Å².